The van der Waals surface area contributed by atoms with Crippen LogP contribution in [0.25, 0.3) is 11.3 Å². The summed E-state index contributed by atoms with van der Waals surface area (Å²) in [5.41, 5.74) is 5.96. The van der Waals surface area contributed by atoms with Gasteiger partial charge in [-0.05, 0) is 25.1 Å². The van der Waals surface area contributed by atoms with Gasteiger partial charge in [0.15, 0.2) is 12.3 Å². The van der Waals surface area contributed by atoms with Crippen molar-refractivity contribution in [2.24, 2.45) is 5.73 Å². The number of halogens is 1. The number of rotatable bonds is 6. The zero-order valence-corrected chi connectivity index (χ0v) is 13.2. The first-order valence-corrected chi connectivity index (χ1v) is 7.11. The van der Waals surface area contributed by atoms with Crippen LogP contribution >= 0.6 is 15.9 Å². The number of carbonyl (C=O) groups excluding carboxylic acids is 2. The lowest BCUT2D eigenvalue weighted by atomic mass is 10.1. The van der Waals surface area contributed by atoms with E-state index in [9.17, 15) is 9.59 Å². The SMILES string of the molecule is CCOC(=O)COc1ccc(Br)cc1-c1n[nH]nc1C(N)=O. The number of nitrogens with two attached hydrogens (primary N) is 1. The fourth-order valence-electron chi connectivity index (χ4n) is 1.74. The van der Waals surface area contributed by atoms with Crippen LogP contribution in [0.4, 0.5) is 0 Å². The quantitative estimate of drug-likeness (QED) is 0.740. The van der Waals surface area contributed by atoms with E-state index in [-0.39, 0.29) is 24.6 Å². The zero-order chi connectivity index (χ0) is 16.1. The van der Waals surface area contributed by atoms with E-state index in [1.807, 2.05) is 0 Å². The van der Waals surface area contributed by atoms with Crippen LogP contribution in [-0.2, 0) is 9.53 Å². The molecule has 1 aromatic carbocycles. The lowest BCUT2D eigenvalue weighted by Gasteiger charge is -2.10. The number of nitrogens with one attached hydrogen (secondary N) is 1. The highest BCUT2D eigenvalue weighted by atomic mass is 79.9. The third-order valence-electron chi connectivity index (χ3n) is 2.63. The molecule has 1 heterocycles. The topological polar surface area (TPSA) is 120 Å². The fraction of sp³-hybridized carbons (Fsp3) is 0.231. The van der Waals surface area contributed by atoms with Crippen molar-refractivity contribution in [1.82, 2.24) is 15.4 Å². The molecule has 22 heavy (non-hydrogen) atoms. The molecule has 0 aliphatic heterocycles. The van der Waals surface area contributed by atoms with Crippen molar-refractivity contribution in [2.45, 2.75) is 6.92 Å². The molecule has 0 saturated carbocycles. The molecule has 3 N–H and O–H groups in total. The Kier molecular flexibility index (Phi) is 5.10. The van der Waals surface area contributed by atoms with Gasteiger partial charge in [-0.2, -0.15) is 15.4 Å². The number of aromatic amines is 1. The summed E-state index contributed by atoms with van der Waals surface area (Å²) < 4.78 is 11.0. The molecule has 0 fully saturated rings. The Bertz CT molecular complexity index is 701. The van der Waals surface area contributed by atoms with Gasteiger partial charge in [-0.15, -0.1) is 0 Å². The highest BCUT2D eigenvalue weighted by Gasteiger charge is 2.19. The Labute approximate surface area is 134 Å². The van der Waals surface area contributed by atoms with Crippen LogP contribution in [0.5, 0.6) is 5.75 Å². The molecule has 0 aliphatic rings. The maximum absolute atomic E-state index is 11.4. The van der Waals surface area contributed by atoms with Gasteiger partial charge in [0.25, 0.3) is 5.91 Å². The Hall–Kier alpha value is -2.42. The molecule has 0 aliphatic carbocycles. The average molecular weight is 369 g/mol. The number of hydrogen-bond acceptors (Lipinski definition) is 6. The summed E-state index contributed by atoms with van der Waals surface area (Å²) >= 11 is 3.33. The van der Waals surface area contributed by atoms with Gasteiger partial charge in [0.2, 0.25) is 0 Å². The standard InChI is InChI=1S/C13H13BrN4O4/c1-2-21-10(19)6-22-9-4-3-7(14)5-8(9)11-12(13(15)20)17-18-16-11/h3-5H,2,6H2,1H3,(H2,15,20)(H,16,17,18). The number of esters is 1. The summed E-state index contributed by atoms with van der Waals surface area (Å²) in [6.45, 7) is 1.72. The second-order valence-electron chi connectivity index (χ2n) is 4.12. The van der Waals surface area contributed by atoms with Crippen LogP contribution in [0.15, 0.2) is 22.7 Å². The maximum atomic E-state index is 11.4. The molecule has 8 nitrogen and oxygen atoms in total. The fourth-order valence-corrected chi connectivity index (χ4v) is 2.10. The molecule has 0 atom stereocenters. The van der Waals surface area contributed by atoms with E-state index in [0.29, 0.717) is 11.3 Å². The molecule has 0 saturated heterocycles. The van der Waals surface area contributed by atoms with E-state index in [4.69, 9.17) is 15.2 Å². The van der Waals surface area contributed by atoms with Crippen molar-refractivity contribution >= 4 is 27.8 Å². The Balaban J connectivity index is 2.34. The molecule has 0 spiro atoms. The summed E-state index contributed by atoms with van der Waals surface area (Å²) in [6.07, 6.45) is 0. The number of aromatic nitrogens is 3. The predicted octanol–water partition coefficient (Wildman–Crippen LogP) is 1.27. The number of benzene rings is 1. The molecule has 9 heteroatoms. The van der Waals surface area contributed by atoms with E-state index in [0.717, 1.165) is 4.47 Å². The highest BCUT2D eigenvalue weighted by Crippen LogP contribution is 2.32. The van der Waals surface area contributed by atoms with Gasteiger partial charge in [-0.25, -0.2) is 4.79 Å². The number of nitrogens with zero attached hydrogens (tertiary/aromatic N) is 2. The van der Waals surface area contributed by atoms with Crippen LogP contribution in [0, 0.1) is 0 Å². The summed E-state index contributed by atoms with van der Waals surface area (Å²) in [7, 11) is 0. The average Bonchev–Trinajstić information content (AvgIpc) is 2.95. The van der Waals surface area contributed by atoms with Crippen LogP contribution in [0.2, 0.25) is 0 Å². The highest BCUT2D eigenvalue weighted by molar-refractivity contribution is 9.10. The molecule has 1 amide bonds. The van der Waals surface area contributed by atoms with Crippen LogP contribution in [0.3, 0.4) is 0 Å². The maximum Gasteiger partial charge on any atom is 0.344 e. The predicted molar refractivity (Wildman–Crippen MR) is 80.2 cm³/mol. The van der Waals surface area contributed by atoms with E-state index in [1.54, 1.807) is 25.1 Å². The Morgan fingerprint density at radius 3 is 2.82 bits per heavy atom. The molecular formula is C13H13BrN4O4. The lowest BCUT2D eigenvalue weighted by molar-refractivity contribution is -0.145. The van der Waals surface area contributed by atoms with Crippen LogP contribution in [0.1, 0.15) is 17.4 Å². The number of primary amides is 1. The van der Waals surface area contributed by atoms with E-state index in [2.05, 4.69) is 31.3 Å². The van der Waals surface area contributed by atoms with Crippen molar-refractivity contribution in [1.29, 1.82) is 0 Å². The number of H-pyrrole nitrogens is 1. The number of hydrogen-bond donors (Lipinski definition) is 2. The van der Waals surface area contributed by atoms with Gasteiger partial charge in [-0.1, -0.05) is 15.9 Å². The first kappa shape index (κ1) is 16.0. The minimum Gasteiger partial charge on any atom is -0.481 e. The monoisotopic (exact) mass is 368 g/mol. The van der Waals surface area contributed by atoms with Crippen LogP contribution in [-0.4, -0.2) is 40.5 Å². The Morgan fingerprint density at radius 1 is 1.36 bits per heavy atom. The smallest absolute Gasteiger partial charge is 0.344 e. The lowest BCUT2D eigenvalue weighted by Crippen LogP contribution is -2.15. The molecule has 116 valence electrons. The van der Waals surface area contributed by atoms with E-state index < -0.39 is 11.9 Å². The summed E-state index contributed by atoms with van der Waals surface area (Å²) in [5.74, 6) is -0.862. The first-order chi connectivity index (χ1) is 10.5. The van der Waals surface area contributed by atoms with Crippen molar-refractivity contribution in [3.05, 3.63) is 28.4 Å². The first-order valence-electron chi connectivity index (χ1n) is 6.31. The van der Waals surface area contributed by atoms with Gasteiger partial charge in [0.05, 0.1) is 6.61 Å². The van der Waals surface area contributed by atoms with Crippen LogP contribution < -0.4 is 10.5 Å². The van der Waals surface area contributed by atoms with Gasteiger partial charge in [-0.3, -0.25) is 4.79 Å². The largest absolute Gasteiger partial charge is 0.481 e. The van der Waals surface area contributed by atoms with Gasteiger partial charge < -0.3 is 15.2 Å². The molecule has 1 aromatic heterocycles. The Morgan fingerprint density at radius 2 is 2.14 bits per heavy atom. The normalized spacial score (nSPS) is 10.3. The number of carbonyl (C=O) groups is 2. The minimum atomic E-state index is -0.722. The molecule has 0 radical (unpaired) electrons. The third-order valence-corrected chi connectivity index (χ3v) is 3.12. The zero-order valence-electron chi connectivity index (χ0n) is 11.6. The second-order valence-corrected chi connectivity index (χ2v) is 5.03. The van der Waals surface area contributed by atoms with E-state index in [1.165, 1.54) is 0 Å². The molecular weight excluding hydrogens is 356 g/mol. The second kappa shape index (κ2) is 7.03. The van der Waals surface area contributed by atoms with Crippen molar-refractivity contribution in [3.63, 3.8) is 0 Å². The van der Waals surface area contributed by atoms with E-state index >= 15 is 0 Å². The van der Waals surface area contributed by atoms with Gasteiger partial charge >= 0.3 is 5.97 Å². The number of ether oxygens (including phenoxy) is 2. The summed E-state index contributed by atoms with van der Waals surface area (Å²) in [5, 5.41) is 9.98. The van der Waals surface area contributed by atoms with Gasteiger partial charge in [0.1, 0.15) is 11.4 Å². The molecule has 0 bridgehead atoms. The minimum absolute atomic E-state index is 0.0147. The number of amides is 1. The molecule has 2 rings (SSSR count). The summed E-state index contributed by atoms with van der Waals surface area (Å²) in [6, 6.07) is 5.05. The van der Waals surface area contributed by atoms with Gasteiger partial charge in [0, 0.05) is 10.0 Å². The summed E-state index contributed by atoms with van der Waals surface area (Å²) in [4.78, 5) is 22.8. The van der Waals surface area contributed by atoms with Crippen molar-refractivity contribution in [2.75, 3.05) is 13.2 Å². The van der Waals surface area contributed by atoms with Crippen molar-refractivity contribution < 1.29 is 19.1 Å². The third kappa shape index (κ3) is 3.61. The van der Waals surface area contributed by atoms with Crippen molar-refractivity contribution in [3.8, 4) is 17.0 Å². The molecule has 0 unspecified atom stereocenters. The molecule has 2 aromatic rings.